The molecule has 0 aliphatic carbocycles. The average molecular weight is 261 g/mol. The van der Waals surface area contributed by atoms with E-state index in [1.807, 2.05) is 0 Å². The smallest absolute Gasteiger partial charge is 0.0917 e. The third-order valence-corrected chi connectivity index (χ3v) is 4.57. The normalized spacial score (nSPS) is 26.4. The molecule has 1 aromatic rings. The highest BCUT2D eigenvalue weighted by atomic mass is 16.3. The SMILES string of the molecule is Cc1ccc(C(O)CN2CC(C)CCC2C)cc1C. The van der Waals surface area contributed by atoms with Crippen LogP contribution in [0.4, 0.5) is 0 Å². The summed E-state index contributed by atoms with van der Waals surface area (Å²) in [6, 6.07) is 6.89. The van der Waals surface area contributed by atoms with E-state index in [2.05, 4.69) is 50.8 Å². The van der Waals surface area contributed by atoms with E-state index in [4.69, 9.17) is 0 Å². The third kappa shape index (κ3) is 3.58. The number of aliphatic hydroxyl groups excluding tert-OH is 1. The summed E-state index contributed by atoms with van der Waals surface area (Å²) >= 11 is 0. The molecule has 1 aliphatic heterocycles. The first-order valence-electron chi connectivity index (χ1n) is 7.46. The number of hydrogen-bond donors (Lipinski definition) is 1. The zero-order valence-electron chi connectivity index (χ0n) is 12.7. The van der Waals surface area contributed by atoms with Gasteiger partial charge in [-0.15, -0.1) is 0 Å². The summed E-state index contributed by atoms with van der Waals surface area (Å²) < 4.78 is 0. The molecule has 0 spiro atoms. The molecular formula is C17H27NO. The Bertz CT molecular complexity index is 429. The van der Waals surface area contributed by atoms with Gasteiger partial charge >= 0.3 is 0 Å². The Morgan fingerprint density at radius 3 is 2.63 bits per heavy atom. The fraction of sp³-hybridized carbons (Fsp3) is 0.647. The zero-order valence-corrected chi connectivity index (χ0v) is 12.7. The van der Waals surface area contributed by atoms with Gasteiger partial charge in [0.1, 0.15) is 0 Å². The summed E-state index contributed by atoms with van der Waals surface area (Å²) in [5, 5.41) is 10.5. The van der Waals surface area contributed by atoms with Crippen molar-refractivity contribution in [2.45, 2.75) is 52.7 Å². The molecule has 0 bridgehead atoms. The van der Waals surface area contributed by atoms with Gasteiger partial charge in [0.25, 0.3) is 0 Å². The van der Waals surface area contributed by atoms with Crippen molar-refractivity contribution in [2.75, 3.05) is 13.1 Å². The van der Waals surface area contributed by atoms with E-state index in [0.29, 0.717) is 6.04 Å². The minimum Gasteiger partial charge on any atom is -0.387 e. The molecule has 1 fully saturated rings. The van der Waals surface area contributed by atoms with E-state index >= 15 is 0 Å². The molecule has 2 nitrogen and oxygen atoms in total. The summed E-state index contributed by atoms with van der Waals surface area (Å²) in [6.45, 7) is 10.7. The van der Waals surface area contributed by atoms with Gasteiger partial charge in [-0.2, -0.15) is 0 Å². The van der Waals surface area contributed by atoms with Crippen molar-refractivity contribution in [3.05, 3.63) is 34.9 Å². The van der Waals surface area contributed by atoms with E-state index < -0.39 is 0 Å². The van der Waals surface area contributed by atoms with Crippen LogP contribution in [-0.4, -0.2) is 29.1 Å². The maximum Gasteiger partial charge on any atom is 0.0917 e. The first-order chi connectivity index (χ1) is 8.97. The Labute approximate surface area is 117 Å². The van der Waals surface area contributed by atoms with Gasteiger partial charge in [0.05, 0.1) is 6.10 Å². The largest absolute Gasteiger partial charge is 0.387 e. The summed E-state index contributed by atoms with van der Waals surface area (Å²) in [5.74, 6) is 0.753. The van der Waals surface area contributed by atoms with Crippen LogP contribution in [0, 0.1) is 19.8 Å². The summed E-state index contributed by atoms with van der Waals surface area (Å²) in [4.78, 5) is 2.44. The number of nitrogens with zero attached hydrogens (tertiary/aromatic N) is 1. The summed E-state index contributed by atoms with van der Waals surface area (Å²) in [7, 11) is 0. The number of hydrogen-bond acceptors (Lipinski definition) is 2. The lowest BCUT2D eigenvalue weighted by atomic mass is 9.94. The van der Waals surface area contributed by atoms with Crippen molar-refractivity contribution in [3.8, 4) is 0 Å². The molecule has 1 aliphatic rings. The molecule has 0 saturated carbocycles. The van der Waals surface area contributed by atoms with E-state index in [1.165, 1.54) is 24.0 Å². The van der Waals surface area contributed by atoms with Crippen LogP contribution in [0.3, 0.4) is 0 Å². The van der Waals surface area contributed by atoms with Crippen LogP contribution in [0.5, 0.6) is 0 Å². The molecule has 2 rings (SSSR count). The first-order valence-corrected chi connectivity index (χ1v) is 7.46. The van der Waals surface area contributed by atoms with E-state index in [9.17, 15) is 5.11 Å². The molecule has 2 heteroatoms. The maximum absolute atomic E-state index is 10.5. The molecule has 0 amide bonds. The number of aliphatic hydroxyl groups is 1. The van der Waals surface area contributed by atoms with Crippen molar-refractivity contribution in [1.29, 1.82) is 0 Å². The monoisotopic (exact) mass is 261 g/mol. The first kappa shape index (κ1) is 14.5. The highest BCUT2D eigenvalue weighted by molar-refractivity contribution is 5.31. The maximum atomic E-state index is 10.5. The van der Waals surface area contributed by atoms with Crippen LogP contribution in [0.1, 0.15) is 49.5 Å². The number of likely N-dealkylation sites (tertiary alicyclic amines) is 1. The van der Waals surface area contributed by atoms with Crippen LogP contribution >= 0.6 is 0 Å². The van der Waals surface area contributed by atoms with Gasteiger partial charge < -0.3 is 5.11 Å². The highest BCUT2D eigenvalue weighted by Crippen LogP contribution is 2.25. The second kappa shape index (κ2) is 6.06. The highest BCUT2D eigenvalue weighted by Gasteiger charge is 2.25. The number of piperidine rings is 1. The molecule has 1 heterocycles. The Kier molecular flexibility index (Phi) is 4.64. The van der Waals surface area contributed by atoms with Gasteiger partial charge in [0.2, 0.25) is 0 Å². The van der Waals surface area contributed by atoms with Crippen LogP contribution in [-0.2, 0) is 0 Å². The second-order valence-electron chi connectivity index (χ2n) is 6.34. The number of rotatable bonds is 3. The Balaban J connectivity index is 2.03. The van der Waals surface area contributed by atoms with E-state index in [0.717, 1.165) is 24.6 Å². The van der Waals surface area contributed by atoms with Gasteiger partial charge in [0, 0.05) is 19.1 Å². The molecule has 1 N–H and O–H groups in total. The van der Waals surface area contributed by atoms with Crippen LogP contribution in [0.2, 0.25) is 0 Å². The predicted molar refractivity (Wildman–Crippen MR) is 80.3 cm³/mol. The number of aryl methyl sites for hydroxylation is 2. The quantitative estimate of drug-likeness (QED) is 0.900. The van der Waals surface area contributed by atoms with Crippen molar-refractivity contribution < 1.29 is 5.11 Å². The van der Waals surface area contributed by atoms with Gasteiger partial charge in [0.15, 0.2) is 0 Å². The average Bonchev–Trinajstić information content (AvgIpc) is 2.37. The molecule has 3 unspecified atom stereocenters. The standard InChI is InChI=1S/C17H27NO/c1-12-5-7-15(4)18(10-12)11-17(19)16-8-6-13(2)14(3)9-16/h6,8-9,12,15,17,19H,5,7,10-11H2,1-4H3. The lowest BCUT2D eigenvalue weighted by Gasteiger charge is -2.38. The summed E-state index contributed by atoms with van der Waals surface area (Å²) in [5.41, 5.74) is 3.60. The molecule has 19 heavy (non-hydrogen) atoms. The lowest BCUT2D eigenvalue weighted by Crippen LogP contribution is -2.43. The predicted octanol–water partition coefficient (Wildman–Crippen LogP) is 3.46. The number of benzene rings is 1. The lowest BCUT2D eigenvalue weighted by molar-refractivity contribution is 0.0568. The molecule has 106 valence electrons. The van der Waals surface area contributed by atoms with Crippen molar-refractivity contribution >= 4 is 0 Å². The molecule has 3 atom stereocenters. The van der Waals surface area contributed by atoms with Crippen LogP contribution in [0.25, 0.3) is 0 Å². The second-order valence-corrected chi connectivity index (χ2v) is 6.34. The third-order valence-electron chi connectivity index (χ3n) is 4.57. The summed E-state index contributed by atoms with van der Waals surface area (Å²) in [6.07, 6.45) is 2.20. The Morgan fingerprint density at radius 1 is 1.21 bits per heavy atom. The van der Waals surface area contributed by atoms with Gasteiger partial charge in [-0.05, 0) is 56.2 Å². The molecule has 0 aromatic heterocycles. The Morgan fingerprint density at radius 2 is 1.95 bits per heavy atom. The Hall–Kier alpha value is -0.860. The van der Waals surface area contributed by atoms with Crippen molar-refractivity contribution in [2.24, 2.45) is 5.92 Å². The van der Waals surface area contributed by atoms with Crippen molar-refractivity contribution in [3.63, 3.8) is 0 Å². The van der Waals surface area contributed by atoms with Crippen LogP contribution < -0.4 is 0 Å². The van der Waals surface area contributed by atoms with Crippen LogP contribution in [0.15, 0.2) is 18.2 Å². The molecule has 1 saturated heterocycles. The van der Waals surface area contributed by atoms with E-state index in [1.54, 1.807) is 0 Å². The minimum atomic E-state index is -0.368. The van der Waals surface area contributed by atoms with Crippen molar-refractivity contribution in [1.82, 2.24) is 4.90 Å². The van der Waals surface area contributed by atoms with Gasteiger partial charge in [-0.1, -0.05) is 25.1 Å². The minimum absolute atomic E-state index is 0.368. The molecule has 1 aromatic carbocycles. The van der Waals surface area contributed by atoms with E-state index in [-0.39, 0.29) is 6.10 Å². The molecular weight excluding hydrogens is 234 g/mol. The zero-order chi connectivity index (χ0) is 14.0. The number of β-amino-alcohol motifs (C(OH)–C–C–N with tert-alkyl or cyclic N) is 1. The molecule has 0 radical (unpaired) electrons. The fourth-order valence-electron chi connectivity index (χ4n) is 2.93. The fourth-order valence-corrected chi connectivity index (χ4v) is 2.93. The topological polar surface area (TPSA) is 23.5 Å². The van der Waals surface area contributed by atoms with Gasteiger partial charge in [-0.25, -0.2) is 0 Å². The van der Waals surface area contributed by atoms with Gasteiger partial charge in [-0.3, -0.25) is 4.90 Å².